The highest BCUT2D eigenvalue weighted by Gasteiger charge is 2.25. The molecule has 0 radical (unpaired) electrons. The van der Waals surface area contributed by atoms with E-state index in [2.05, 4.69) is 0 Å². The van der Waals surface area contributed by atoms with Crippen LogP contribution in [0.25, 0.3) is 0 Å². The average molecular weight is 228 g/mol. The van der Waals surface area contributed by atoms with E-state index in [0.29, 0.717) is 18.5 Å². The van der Waals surface area contributed by atoms with E-state index < -0.39 is 5.97 Å². The zero-order chi connectivity index (χ0) is 11.0. The Morgan fingerprint density at radius 2 is 2.07 bits per heavy atom. The summed E-state index contributed by atoms with van der Waals surface area (Å²) in [7, 11) is 0. The van der Waals surface area contributed by atoms with Crippen LogP contribution >= 0.6 is 11.6 Å². The van der Waals surface area contributed by atoms with Gasteiger partial charge >= 0.3 is 5.97 Å². The molecule has 0 amide bonds. The van der Waals surface area contributed by atoms with Crippen LogP contribution in [-0.4, -0.2) is 21.6 Å². The van der Waals surface area contributed by atoms with Crippen LogP contribution < -0.4 is 0 Å². The number of aromatic carboxylic acids is 1. The second kappa shape index (κ2) is 3.70. The van der Waals surface area contributed by atoms with Crippen LogP contribution in [0.5, 0.6) is 0 Å². The normalized spacial score (nSPS) is 15.9. The lowest BCUT2D eigenvalue weighted by molar-refractivity contribution is 0.0672. The molecule has 1 N–H and O–H groups in total. The summed E-state index contributed by atoms with van der Waals surface area (Å²) >= 11 is 5.80. The molecule has 0 spiro atoms. The Morgan fingerprint density at radius 3 is 2.73 bits per heavy atom. The summed E-state index contributed by atoms with van der Waals surface area (Å²) in [5, 5.41) is 9.11. The summed E-state index contributed by atoms with van der Waals surface area (Å²) in [6.07, 6.45) is 2.79. The smallest absolute Gasteiger partial charge is 0.354 e. The zero-order valence-corrected chi connectivity index (χ0v) is 8.75. The number of halogens is 1. The number of rotatable bonds is 1. The SMILES string of the molecule is O=C(O)c1c(Cl)cc2n1C(=O)CCCC2. The second-order valence-corrected chi connectivity index (χ2v) is 3.98. The number of carboxylic acid groups (broad SMARTS) is 1. The quantitative estimate of drug-likeness (QED) is 0.800. The predicted molar refractivity (Wildman–Crippen MR) is 54.6 cm³/mol. The lowest BCUT2D eigenvalue weighted by atomic mass is 10.2. The molecule has 0 unspecified atom stereocenters. The highest BCUT2D eigenvalue weighted by Crippen LogP contribution is 2.25. The van der Waals surface area contributed by atoms with Gasteiger partial charge < -0.3 is 5.11 Å². The molecule has 80 valence electrons. The van der Waals surface area contributed by atoms with Crippen molar-refractivity contribution in [1.29, 1.82) is 0 Å². The lowest BCUT2D eigenvalue weighted by Gasteiger charge is -2.05. The maximum atomic E-state index is 11.7. The Bertz CT molecular complexity index is 436. The zero-order valence-electron chi connectivity index (χ0n) is 7.99. The van der Waals surface area contributed by atoms with Crippen molar-refractivity contribution in [3.8, 4) is 0 Å². The molecule has 2 rings (SSSR count). The number of fused-ring (bicyclic) bond motifs is 1. The summed E-state index contributed by atoms with van der Waals surface area (Å²) in [6.45, 7) is 0. The molecule has 2 heterocycles. The average Bonchev–Trinajstić information content (AvgIpc) is 2.40. The van der Waals surface area contributed by atoms with Crippen molar-refractivity contribution in [3.63, 3.8) is 0 Å². The van der Waals surface area contributed by atoms with Crippen LogP contribution in [0.3, 0.4) is 0 Å². The molecule has 5 heteroatoms. The van der Waals surface area contributed by atoms with Gasteiger partial charge in [0.05, 0.1) is 5.02 Å². The third-order valence-electron chi connectivity index (χ3n) is 2.56. The number of aryl methyl sites for hydroxylation is 1. The monoisotopic (exact) mass is 227 g/mol. The van der Waals surface area contributed by atoms with Gasteiger partial charge in [-0.1, -0.05) is 11.6 Å². The van der Waals surface area contributed by atoms with Gasteiger partial charge in [-0.05, 0) is 25.3 Å². The van der Waals surface area contributed by atoms with Gasteiger partial charge in [-0.25, -0.2) is 4.79 Å². The highest BCUT2D eigenvalue weighted by molar-refractivity contribution is 6.33. The summed E-state index contributed by atoms with van der Waals surface area (Å²) in [5.74, 6) is -1.33. The van der Waals surface area contributed by atoms with Crippen molar-refractivity contribution in [2.24, 2.45) is 0 Å². The Morgan fingerprint density at radius 1 is 1.40 bits per heavy atom. The molecule has 15 heavy (non-hydrogen) atoms. The Labute approximate surface area is 91.5 Å². The molecule has 0 aromatic carbocycles. The molecule has 4 nitrogen and oxygen atoms in total. The number of nitrogens with zero attached hydrogens (tertiary/aromatic N) is 1. The second-order valence-electron chi connectivity index (χ2n) is 3.57. The molecule has 0 bridgehead atoms. The van der Waals surface area contributed by atoms with E-state index in [0.717, 1.165) is 12.8 Å². The van der Waals surface area contributed by atoms with E-state index in [1.54, 1.807) is 6.07 Å². The molecule has 1 aromatic rings. The topological polar surface area (TPSA) is 59.3 Å². The maximum absolute atomic E-state index is 11.7. The molecule has 0 atom stereocenters. The summed E-state index contributed by atoms with van der Waals surface area (Å²) < 4.78 is 1.25. The minimum absolute atomic E-state index is 0.0985. The Hall–Kier alpha value is -1.29. The van der Waals surface area contributed by atoms with Gasteiger partial charge in [0.15, 0.2) is 5.69 Å². The van der Waals surface area contributed by atoms with Crippen molar-refractivity contribution < 1.29 is 14.7 Å². The van der Waals surface area contributed by atoms with Crippen molar-refractivity contribution >= 4 is 23.5 Å². The summed E-state index contributed by atoms with van der Waals surface area (Å²) in [4.78, 5) is 22.6. The van der Waals surface area contributed by atoms with Crippen molar-refractivity contribution in [1.82, 2.24) is 4.57 Å². The van der Waals surface area contributed by atoms with Gasteiger partial charge in [0.1, 0.15) is 0 Å². The van der Waals surface area contributed by atoms with Gasteiger partial charge in [0.25, 0.3) is 0 Å². The fourth-order valence-corrected chi connectivity index (χ4v) is 2.18. The van der Waals surface area contributed by atoms with Crippen LogP contribution in [0.1, 0.15) is 40.2 Å². The van der Waals surface area contributed by atoms with E-state index in [9.17, 15) is 9.59 Å². The number of carboxylic acids is 1. The Kier molecular flexibility index (Phi) is 2.52. The third-order valence-corrected chi connectivity index (χ3v) is 2.84. The third kappa shape index (κ3) is 1.65. The van der Waals surface area contributed by atoms with Crippen molar-refractivity contribution in [3.05, 3.63) is 22.5 Å². The molecule has 1 aromatic heterocycles. The van der Waals surface area contributed by atoms with E-state index in [1.165, 1.54) is 4.57 Å². The molecule has 0 fully saturated rings. The molecule has 1 aliphatic rings. The minimum atomic E-state index is -1.15. The van der Waals surface area contributed by atoms with Crippen molar-refractivity contribution in [2.45, 2.75) is 25.7 Å². The van der Waals surface area contributed by atoms with Gasteiger partial charge in [0.2, 0.25) is 5.91 Å². The highest BCUT2D eigenvalue weighted by atomic mass is 35.5. The van der Waals surface area contributed by atoms with Crippen LogP contribution in [-0.2, 0) is 6.42 Å². The first kappa shape index (κ1) is 10.2. The minimum Gasteiger partial charge on any atom is -0.477 e. The molecule has 0 saturated carbocycles. The number of carbonyl (C=O) groups is 2. The van der Waals surface area contributed by atoms with Gasteiger partial charge in [-0.2, -0.15) is 0 Å². The van der Waals surface area contributed by atoms with Crippen LogP contribution in [0, 0.1) is 0 Å². The number of hydrogen-bond donors (Lipinski definition) is 1. The summed E-state index contributed by atoms with van der Waals surface area (Å²) in [5.41, 5.74) is 0.610. The molecule has 0 aliphatic carbocycles. The molecule has 1 aliphatic heterocycles. The van der Waals surface area contributed by atoms with E-state index in [4.69, 9.17) is 16.7 Å². The lowest BCUT2D eigenvalue weighted by Crippen LogP contribution is -2.17. The largest absolute Gasteiger partial charge is 0.477 e. The van der Waals surface area contributed by atoms with Gasteiger partial charge in [-0.3, -0.25) is 9.36 Å². The van der Waals surface area contributed by atoms with E-state index in [-0.39, 0.29) is 16.6 Å². The number of aromatic nitrogens is 1. The van der Waals surface area contributed by atoms with Crippen LogP contribution in [0.15, 0.2) is 6.07 Å². The standard InChI is InChI=1S/C10H10ClNO3/c11-7-5-6-3-1-2-4-8(13)12(6)9(7)10(14)15/h5H,1-4H2,(H,14,15). The van der Waals surface area contributed by atoms with Crippen molar-refractivity contribution in [2.75, 3.05) is 0 Å². The molecular weight excluding hydrogens is 218 g/mol. The maximum Gasteiger partial charge on any atom is 0.354 e. The summed E-state index contributed by atoms with van der Waals surface area (Å²) in [6, 6.07) is 1.58. The number of carbonyl (C=O) groups excluding carboxylic acids is 1. The predicted octanol–water partition coefficient (Wildman–Crippen LogP) is 2.21. The first-order chi connectivity index (χ1) is 7.11. The first-order valence-electron chi connectivity index (χ1n) is 4.78. The first-order valence-corrected chi connectivity index (χ1v) is 5.15. The fraction of sp³-hybridized carbons (Fsp3) is 0.400. The number of hydrogen-bond acceptors (Lipinski definition) is 2. The van der Waals surface area contributed by atoms with E-state index in [1.807, 2.05) is 0 Å². The molecule has 0 saturated heterocycles. The van der Waals surface area contributed by atoms with Crippen LogP contribution in [0.4, 0.5) is 0 Å². The van der Waals surface area contributed by atoms with Crippen LogP contribution in [0.2, 0.25) is 5.02 Å². The fourth-order valence-electron chi connectivity index (χ4n) is 1.89. The van der Waals surface area contributed by atoms with Gasteiger partial charge in [-0.15, -0.1) is 0 Å². The molecular formula is C10H10ClNO3. The van der Waals surface area contributed by atoms with E-state index >= 15 is 0 Å². The van der Waals surface area contributed by atoms with Gasteiger partial charge in [0, 0.05) is 12.1 Å². The Balaban J connectivity index is 2.61.